The van der Waals surface area contributed by atoms with Crippen molar-refractivity contribution in [2.75, 3.05) is 19.6 Å². The van der Waals surface area contributed by atoms with Crippen LogP contribution in [0.3, 0.4) is 0 Å². The number of hydrogen-bond donors (Lipinski definition) is 2. The summed E-state index contributed by atoms with van der Waals surface area (Å²) >= 11 is 1.44. The second kappa shape index (κ2) is 6.93. The van der Waals surface area contributed by atoms with Gasteiger partial charge in [0.25, 0.3) is 5.91 Å². The lowest BCUT2D eigenvalue weighted by atomic mass is 10.1. The molecule has 0 aliphatic carbocycles. The number of aryl methyl sites for hydroxylation is 1. The van der Waals surface area contributed by atoms with Crippen LogP contribution in [0.4, 0.5) is 0 Å². The molecule has 1 unspecified atom stereocenters. The molecule has 1 aromatic heterocycles. The summed E-state index contributed by atoms with van der Waals surface area (Å²) in [7, 11) is 0. The molecule has 0 spiro atoms. The number of carbonyl (C=O) groups is 1. The van der Waals surface area contributed by atoms with Crippen LogP contribution in [0.15, 0.2) is 6.20 Å². The van der Waals surface area contributed by atoms with E-state index in [-0.39, 0.29) is 18.3 Å². The molecule has 4 nitrogen and oxygen atoms in total. The van der Waals surface area contributed by atoms with Crippen LogP contribution in [-0.4, -0.2) is 30.5 Å². The molecule has 1 aliphatic rings. The van der Waals surface area contributed by atoms with Crippen molar-refractivity contribution < 1.29 is 4.79 Å². The van der Waals surface area contributed by atoms with Crippen molar-refractivity contribution in [3.8, 4) is 0 Å². The Bertz CT molecular complexity index is 363. The zero-order valence-corrected chi connectivity index (χ0v) is 11.5. The van der Waals surface area contributed by atoms with Gasteiger partial charge in [0, 0.05) is 6.54 Å². The standard InChI is InChI=1S/C11H17N3OS.ClH/c1-8-14-7-10(16-8)11(15)13-5-3-9-2-4-12-6-9;/h7,9,12H,2-6H2,1H3,(H,13,15);1H. The lowest BCUT2D eigenvalue weighted by molar-refractivity contribution is 0.0955. The number of halogens is 1. The minimum atomic E-state index is 0. The lowest BCUT2D eigenvalue weighted by Crippen LogP contribution is -2.25. The first-order valence-corrected chi connectivity index (χ1v) is 6.48. The molecule has 1 saturated heterocycles. The minimum absolute atomic E-state index is 0. The number of amides is 1. The molecule has 2 N–H and O–H groups in total. The third kappa shape index (κ3) is 4.26. The molecule has 0 saturated carbocycles. The molecule has 0 bridgehead atoms. The quantitative estimate of drug-likeness (QED) is 0.878. The van der Waals surface area contributed by atoms with Gasteiger partial charge in [-0.15, -0.1) is 23.7 Å². The smallest absolute Gasteiger partial charge is 0.263 e. The van der Waals surface area contributed by atoms with E-state index in [1.165, 1.54) is 17.8 Å². The summed E-state index contributed by atoms with van der Waals surface area (Å²) in [5, 5.41) is 7.20. The molecule has 96 valence electrons. The fourth-order valence-electron chi connectivity index (χ4n) is 1.90. The topological polar surface area (TPSA) is 54.0 Å². The Morgan fingerprint density at radius 3 is 3.12 bits per heavy atom. The van der Waals surface area contributed by atoms with Gasteiger partial charge < -0.3 is 10.6 Å². The number of thiazole rings is 1. The maximum Gasteiger partial charge on any atom is 0.263 e. The van der Waals surface area contributed by atoms with Crippen LogP contribution in [0.2, 0.25) is 0 Å². The maximum absolute atomic E-state index is 11.7. The average Bonchev–Trinajstić information content (AvgIpc) is 2.89. The van der Waals surface area contributed by atoms with Crippen molar-refractivity contribution >= 4 is 29.7 Å². The number of carbonyl (C=O) groups excluding carboxylic acids is 1. The molecule has 0 radical (unpaired) electrons. The highest BCUT2D eigenvalue weighted by Gasteiger charge is 2.14. The molecule has 6 heteroatoms. The van der Waals surface area contributed by atoms with Gasteiger partial charge >= 0.3 is 0 Å². The van der Waals surface area contributed by atoms with Crippen LogP contribution in [0.5, 0.6) is 0 Å². The summed E-state index contributed by atoms with van der Waals surface area (Å²) < 4.78 is 0. The van der Waals surface area contributed by atoms with E-state index in [1.807, 2.05) is 6.92 Å². The van der Waals surface area contributed by atoms with Crippen LogP contribution in [0.1, 0.15) is 27.5 Å². The molecule has 17 heavy (non-hydrogen) atoms. The molecule has 1 aromatic rings. The predicted molar refractivity (Wildman–Crippen MR) is 72.0 cm³/mol. The number of nitrogens with zero attached hydrogens (tertiary/aromatic N) is 1. The Kier molecular flexibility index (Phi) is 5.88. The first-order valence-electron chi connectivity index (χ1n) is 5.67. The molecule has 1 amide bonds. The average molecular weight is 276 g/mol. The number of aromatic nitrogens is 1. The molecule has 1 atom stereocenters. The van der Waals surface area contributed by atoms with E-state index >= 15 is 0 Å². The van der Waals surface area contributed by atoms with Gasteiger partial charge in [0.15, 0.2) is 0 Å². The van der Waals surface area contributed by atoms with E-state index in [2.05, 4.69) is 15.6 Å². The normalized spacial score (nSPS) is 18.8. The molecule has 0 aromatic carbocycles. The van der Waals surface area contributed by atoms with E-state index in [4.69, 9.17) is 0 Å². The summed E-state index contributed by atoms with van der Waals surface area (Å²) in [6.07, 6.45) is 3.94. The van der Waals surface area contributed by atoms with Crippen molar-refractivity contribution in [2.45, 2.75) is 19.8 Å². The van der Waals surface area contributed by atoms with Crippen molar-refractivity contribution in [2.24, 2.45) is 5.92 Å². The fraction of sp³-hybridized carbons (Fsp3) is 0.636. The summed E-state index contributed by atoms with van der Waals surface area (Å²) in [4.78, 5) is 16.5. The number of rotatable bonds is 4. The molecule has 2 rings (SSSR count). The second-order valence-electron chi connectivity index (χ2n) is 4.15. The van der Waals surface area contributed by atoms with Crippen molar-refractivity contribution in [3.05, 3.63) is 16.1 Å². The minimum Gasteiger partial charge on any atom is -0.351 e. The Hall–Kier alpha value is -0.650. The zero-order chi connectivity index (χ0) is 11.4. The third-order valence-electron chi connectivity index (χ3n) is 2.85. The van der Waals surface area contributed by atoms with Gasteiger partial charge in [0.1, 0.15) is 4.88 Å². The van der Waals surface area contributed by atoms with E-state index in [1.54, 1.807) is 6.20 Å². The molecular formula is C11H18ClN3OS. The van der Waals surface area contributed by atoms with Crippen LogP contribution in [0, 0.1) is 12.8 Å². The highest BCUT2D eigenvalue weighted by molar-refractivity contribution is 7.13. The largest absolute Gasteiger partial charge is 0.351 e. The summed E-state index contributed by atoms with van der Waals surface area (Å²) in [5.41, 5.74) is 0. The van der Waals surface area contributed by atoms with Crippen LogP contribution in [-0.2, 0) is 0 Å². The first kappa shape index (κ1) is 14.4. The van der Waals surface area contributed by atoms with Crippen molar-refractivity contribution in [1.29, 1.82) is 0 Å². The van der Waals surface area contributed by atoms with Gasteiger partial charge in [-0.3, -0.25) is 4.79 Å². The van der Waals surface area contributed by atoms with Gasteiger partial charge in [-0.1, -0.05) is 0 Å². The van der Waals surface area contributed by atoms with Gasteiger partial charge in [0.05, 0.1) is 11.2 Å². The zero-order valence-electron chi connectivity index (χ0n) is 9.86. The summed E-state index contributed by atoms with van der Waals surface area (Å²) in [6, 6.07) is 0. The molecule has 1 aliphatic heterocycles. The number of nitrogens with one attached hydrogen (secondary N) is 2. The van der Waals surface area contributed by atoms with Crippen molar-refractivity contribution in [3.63, 3.8) is 0 Å². The number of hydrogen-bond acceptors (Lipinski definition) is 4. The molecule has 1 fully saturated rings. The third-order valence-corrected chi connectivity index (χ3v) is 3.76. The SMILES string of the molecule is Cc1ncc(C(=O)NCCC2CCNC2)s1.Cl. The molecular weight excluding hydrogens is 258 g/mol. The molecule has 2 heterocycles. The van der Waals surface area contributed by atoms with Gasteiger partial charge in [-0.2, -0.15) is 0 Å². The highest BCUT2D eigenvalue weighted by atomic mass is 35.5. The van der Waals surface area contributed by atoms with E-state index in [0.29, 0.717) is 4.88 Å². The lowest BCUT2D eigenvalue weighted by Gasteiger charge is -2.08. The van der Waals surface area contributed by atoms with Gasteiger partial charge in [0.2, 0.25) is 0 Å². The fourth-order valence-corrected chi connectivity index (χ4v) is 2.60. The van der Waals surface area contributed by atoms with E-state index in [9.17, 15) is 4.79 Å². The van der Waals surface area contributed by atoms with E-state index < -0.39 is 0 Å². The maximum atomic E-state index is 11.7. The van der Waals surface area contributed by atoms with Crippen LogP contribution in [0.25, 0.3) is 0 Å². The Balaban J connectivity index is 0.00000144. The van der Waals surface area contributed by atoms with Gasteiger partial charge in [-0.05, 0) is 38.8 Å². The Morgan fingerprint density at radius 1 is 1.71 bits per heavy atom. The van der Waals surface area contributed by atoms with Gasteiger partial charge in [-0.25, -0.2) is 4.98 Å². The van der Waals surface area contributed by atoms with Crippen LogP contribution >= 0.6 is 23.7 Å². The van der Waals surface area contributed by atoms with E-state index in [0.717, 1.165) is 37.0 Å². The Labute approximate surface area is 112 Å². The monoisotopic (exact) mass is 275 g/mol. The Morgan fingerprint density at radius 2 is 2.53 bits per heavy atom. The van der Waals surface area contributed by atoms with Crippen molar-refractivity contribution in [1.82, 2.24) is 15.6 Å². The second-order valence-corrected chi connectivity index (χ2v) is 5.38. The highest BCUT2D eigenvalue weighted by Crippen LogP contribution is 2.13. The predicted octanol–water partition coefficient (Wildman–Crippen LogP) is 1.60. The first-order chi connectivity index (χ1) is 7.75. The van der Waals surface area contributed by atoms with Crippen LogP contribution < -0.4 is 10.6 Å². The summed E-state index contributed by atoms with van der Waals surface area (Å²) in [6.45, 7) is 4.88. The summed E-state index contributed by atoms with van der Waals surface area (Å²) in [5.74, 6) is 0.736.